The van der Waals surface area contributed by atoms with Gasteiger partial charge in [-0.3, -0.25) is 4.79 Å². The minimum atomic E-state index is -0.128. The summed E-state index contributed by atoms with van der Waals surface area (Å²) in [6, 6.07) is -0.252. The first kappa shape index (κ1) is 11.4. The van der Waals surface area contributed by atoms with Crippen LogP contribution in [-0.4, -0.2) is 29.7 Å². The van der Waals surface area contributed by atoms with Gasteiger partial charge in [-0.05, 0) is 13.3 Å². The standard InChI is InChI=1S/C8H18N2O2/c1-3-7(5-11)10-8(12)4-6(2)9/h6-7,11H,3-5,9H2,1-2H3,(H,10,12)/t6?,7-/m1/s1. The van der Waals surface area contributed by atoms with Crippen molar-refractivity contribution in [2.75, 3.05) is 6.61 Å². The number of nitrogens with one attached hydrogen (secondary N) is 1. The largest absolute Gasteiger partial charge is 0.394 e. The minimum Gasteiger partial charge on any atom is -0.394 e. The van der Waals surface area contributed by atoms with Crippen molar-refractivity contribution in [2.24, 2.45) is 5.73 Å². The van der Waals surface area contributed by atoms with Crippen molar-refractivity contribution in [3.8, 4) is 0 Å². The van der Waals surface area contributed by atoms with Crippen LogP contribution in [0, 0.1) is 0 Å². The monoisotopic (exact) mass is 174 g/mol. The molecule has 0 fully saturated rings. The third kappa shape index (κ3) is 5.09. The maximum atomic E-state index is 11.1. The lowest BCUT2D eigenvalue weighted by Crippen LogP contribution is -2.39. The van der Waals surface area contributed by atoms with Gasteiger partial charge in [0.05, 0.1) is 12.6 Å². The van der Waals surface area contributed by atoms with Crippen molar-refractivity contribution in [2.45, 2.75) is 38.8 Å². The van der Waals surface area contributed by atoms with E-state index in [0.29, 0.717) is 6.42 Å². The Balaban J connectivity index is 3.66. The first-order chi connectivity index (χ1) is 5.60. The van der Waals surface area contributed by atoms with E-state index in [1.807, 2.05) is 6.92 Å². The summed E-state index contributed by atoms with van der Waals surface area (Å²) >= 11 is 0. The molecule has 1 amide bonds. The van der Waals surface area contributed by atoms with Crippen LogP contribution in [0.1, 0.15) is 26.7 Å². The number of aliphatic hydroxyl groups excluding tert-OH is 1. The van der Waals surface area contributed by atoms with Crippen molar-refractivity contribution >= 4 is 5.91 Å². The molecule has 0 aromatic heterocycles. The zero-order chi connectivity index (χ0) is 9.56. The summed E-state index contributed by atoms with van der Waals surface area (Å²) in [5, 5.41) is 11.4. The molecule has 2 atom stereocenters. The maximum Gasteiger partial charge on any atom is 0.221 e. The van der Waals surface area contributed by atoms with Gasteiger partial charge >= 0.3 is 0 Å². The quantitative estimate of drug-likeness (QED) is 0.531. The molecule has 0 spiro atoms. The molecule has 1 unspecified atom stereocenters. The minimum absolute atomic E-state index is 0.0127. The normalized spacial score (nSPS) is 15.3. The zero-order valence-electron chi connectivity index (χ0n) is 7.71. The number of carbonyl (C=O) groups is 1. The lowest BCUT2D eigenvalue weighted by molar-refractivity contribution is -0.122. The molecule has 4 heteroatoms. The molecule has 0 aliphatic rings. The highest BCUT2D eigenvalue weighted by atomic mass is 16.3. The molecular formula is C8H18N2O2. The van der Waals surface area contributed by atoms with Crippen LogP contribution in [0.3, 0.4) is 0 Å². The number of aliphatic hydroxyl groups is 1. The number of carbonyl (C=O) groups excluding carboxylic acids is 1. The van der Waals surface area contributed by atoms with Gasteiger partial charge < -0.3 is 16.2 Å². The topological polar surface area (TPSA) is 75.3 Å². The zero-order valence-corrected chi connectivity index (χ0v) is 7.71. The number of nitrogens with two attached hydrogens (primary N) is 1. The molecule has 0 aromatic rings. The average molecular weight is 174 g/mol. The Labute approximate surface area is 73.1 Å². The van der Waals surface area contributed by atoms with Gasteiger partial charge in [0, 0.05) is 12.5 Å². The van der Waals surface area contributed by atoms with Crippen molar-refractivity contribution in [3.05, 3.63) is 0 Å². The fourth-order valence-corrected chi connectivity index (χ4v) is 0.856. The van der Waals surface area contributed by atoms with E-state index in [-0.39, 0.29) is 24.6 Å². The summed E-state index contributed by atoms with van der Waals surface area (Å²) in [5.41, 5.74) is 5.43. The Hall–Kier alpha value is -0.610. The predicted molar refractivity (Wildman–Crippen MR) is 47.6 cm³/mol. The van der Waals surface area contributed by atoms with Gasteiger partial charge in [-0.1, -0.05) is 6.92 Å². The molecule has 0 heterocycles. The van der Waals surface area contributed by atoms with Crippen molar-refractivity contribution in [1.82, 2.24) is 5.32 Å². The van der Waals surface area contributed by atoms with Gasteiger partial charge in [0.1, 0.15) is 0 Å². The molecule has 4 nitrogen and oxygen atoms in total. The maximum absolute atomic E-state index is 11.1. The number of hydrogen-bond acceptors (Lipinski definition) is 3. The molecule has 0 aliphatic carbocycles. The van der Waals surface area contributed by atoms with Crippen molar-refractivity contribution in [3.63, 3.8) is 0 Å². The van der Waals surface area contributed by atoms with Crippen LogP contribution in [0.5, 0.6) is 0 Å². The second-order valence-electron chi connectivity index (χ2n) is 3.04. The van der Waals surface area contributed by atoms with Crippen LogP contribution >= 0.6 is 0 Å². The van der Waals surface area contributed by atoms with Crippen molar-refractivity contribution < 1.29 is 9.90 Å². The number of rotatable bonds is 5. The molecule has 0 saturated carbocycles. The lowest BCUT2D eigenvalue weighted by atomic mass is 10.2. The molecule has 4 N–H and O–H groups in total. The molecule has 12 heavy (non-hydrogen) atoms. The third-order valence-electron chi connectivity index (χ3n) is 1.59. The highest BCUT2D eigenvalue weighted by Gasteiger charge is 2.09. The first-order valence-electron chi connectivity index (χ1n) is 4.26. The summed E-state index contributed by atoms with van der Waals surface area (Å²) in [5.74, 6) is -0.0918. The summed E-state index contributed by atoms with van der Waals surface area (Å²) < 4.78 is 0. The molecule has 0 rings (SSSR count). The molecule has 0 aromatic carbocycles. The Kier molecular flexibility index (Phi) is 5.66. The molecule has 72 valence electrons. The second-order valence-corrected chi connectivity index (χ2v) is 3.04. The van der Waals surface area contributed by atoms with E-state index < -0.39 is 0 Å². The molecule has 0 radical (unpaired) electrons. The van der Waals surface area contributed by atoms with Crippen molar-refractivity contribution in [1.29, 1.82) is 0 Å². The lowest BCUT2D eigenvalue weighted by Gasteiger charge is -2.14. The summed E-state index contributed by atoms with van der Waals surface area (Å²) in [6.45, 7) is 3.67. The Bertz CT molecular complexity index is 133. The third-order valence-corrected chi connectivity index (χ3v) is 1.59. The van der Waals surface area contributed by atoms with Crippen LogP contribution in [0.4, 0.5) is 0 Å². The number of amides is 1. The number of hydrogen-bond donors (Lipinski definition) is 3. The Morgan fingerprint density at radius 2 is 2.25 bits per heavy atom. The van der Waals surface area contributed by atoms with E-state index in [9.17, 15) is 4.79 Å². The van der Waals surface area contributed by atoms with Crippen LogP contribution < -0.4 is 11.1 Å². The van der Waals surface area contributed by atoms with Gasteiger partial charge in [0.15, 0.2) is 0 Å². The van der Waals surface area contributed by atoms with E-state index >= 15 is 0 Å². The van der Waals surface area contributed by atoms with Crippen LogP contribution in [0.15, 0.2) is 0 Å². The predicted octanol–water partition coefficient (Wildman–Crippen LogP) is -0.389. The fourth-order valence-electron chi connectivity index (χ4n) is 0.856. The SMILES string of the molecule is CC[C@H](CO)NC(=O)CC(C)N. The van der Waals surface area contributed by atoms with Gasteiger partial charge in [0.25, 0.3) is 0 Å². The Morgan fingerprint density at radius 1 is 1.67 bits per heavy atom. The average Bonchev–Trinajstić information content (AvgIpc) is 1.98. The van der Waals surface area contributed by atoms with Crippen LogP contribution in [-0.2, 0) is 4.79 Å². The molecule has 0 bridgehead atoms. The summed E-state index contributed by atoms with van der Waals surface area (Å²) in [4.78, 5) is 11.1. The summed E-state index contributed by atoms with van der Waals surface area (Å²) in [7, 11) is 0. The first-order valence-corrected chi connectivity index (χ1v) is 4.26. The molecule has 0 aliphatic heterocycles. The fraction of sp³-hybridized carbons (Fsp3) is 0.875. The highest BCUT2D eigenvalue weighted by molar-refractivity contribution is 5.76. The van der Waals surface area contributed by atoms with Gasteiger partial charge in [0.2, 0.25) is 5.91 Å². The second kappa shape index (κ2) is 5.97. The van der Waals surface area contributed by atoms with E-state index in [2.05, 4.69) is 5.32 Å². The molecule has 0 saturated heterocycles. The van der Waals surface area contributed by atoms with Gasteiger partial charge in [-0.25, -0.2) is 0 Å². The van der Waals surface area contributed by atoms with E-state index in [1.54, 1.807) is 6.92 Å². The van der Waals surface area contributed by atoms with Crippen LogP contribution in [0.25, 0.3) is 0 Å². The van der Waals surface area contributed by atoms with Crippen LogP contribution in [0.2, 0.25) is 0 Å². The van der Waals surface area contributed by atoms with Gasteiger partial charge in [-0.2, -0.15) is 0 Å². The van der Waals surface area contributed by atoms with Gasteiger partial charge in [-0.15, -0.1) is 0 Å². The van der Waals surface area contributed by atoms with E-state index in [1.165, 1.54) is 0 Å². The highest BCUT2D eigenvalue weighted by Crippen LogP contribution is 1.92. The van der Waals surface area contributed by atoms with E-state index in [4.69, 9.17) is 10.8 Å². The Morgan fingerprint density at radius 3 is 2.58 bits per heavy atom. The van der Waals surface area contributed by atoms with E-state index in [0.717, 1.165) is 6.42 Å². The smallest absolute Gasteiger partial charge is 0.221 e. The molecular weight excluding hydrogens is 156 g/mol. The summed E-state index contributed by atoms with van der Waals surface area (Å²) in [6.07, 6.45) is 1.05.